The summed E-state index contributed by atoms with van der Waals surface area (Å²) in [6.07, 6.45) is 1.13. The van der Waals surface area contributed by atoms with E-state index in [0.717, 1.165) is 22.2 Å². The van der Waals surface area contributed by atoms with Crippen LogP contribution in [0.4, 0.5) is 4.39 Å². The first-order valence-electron chi connectivity index (χ1n) is 11.3. The number of halogens is 1. The molecule has 10 heteroatoms. The summed E-state index contributed by atoms with van der Waals surface area (Å²) in [7, 11) is 3.07. The highest BCUT2D eigenvalue weighted by Gasteiger charge is 2.40. The number of nitrogens with one attached hydrogen (secondary N) is 1. The smallest absolute Gasteiger partial charge is 0.332 e. The fourth-order valence-electron chi connectivity index (χ4n) is 5.13. The Morgan fingerprint density at radius 3 is 2.83 bits per heavy atom. The van der Waals surface area contributed by atoms with Crippen molar-refractivity contribution in [3.8, 4) is 11.4 Å². The van der Waals surface area contributed by atoms with E-state index in [1.54, 1.807) is 25.4 Å². The Morgan fingerprint density at radius 1 is 1.34 bits per heavy atom. The van der Waals surface area contributed by atoms with Crippen molar-refractivity contribution in [2.45, 2.75) is 37.7 Å². The molecule has 0 saturated carbocycles. The Balaban J connectivity index is 1.87. The molecule has 0 spiro atoms. The van der Waals surface area contributed by atoms with Crippen molar-refractivity contribution in [2.75, 3.05) is 27.4 Å². The number of hydrogen-bond acceptors (Lipinski definition) is 6. The standard InChI is InChI=1S/C25H27FN4O5/c1-25(2,12-33-3)22-20(14-8-19(24(31)32)35-11-14)21-17(7-13-10-27-29-23(13)28-21)30(22)15-5-6-16(26)18(9-15)34-4/h5-7,9-10,14,19H,8,11-12H2,1-4H3,(H,31,32)(H,27,28,29)/t14-,19+/m0/s1. The summed E-state index contributed by atoms with van der Waals surface area (Å²) in [6, 6.07) is 6.70. The monoisotopic (exact) mass is 482 g/mol. The Bertz CT molecular complexity index is 1430. The maximum atomic E-state index is 14.3. The van der Waals surface area contributed by atoms with Crippen LogP contribution in [0, 0.1) is 5.82 Å². The second-order valence-electron chi connectivity index (χ2n) is 9.49. The Labute approximate surface area is 200 Å². The average Bonchev–Trinajstić information content (AvgIpc) is 3.54. The number of ether oxygens (including phenoxy) is 3. The Hall–Kier alpha value is -3.50. The van der Waals surface area contributed by atoms with Crippen molar-refractivity contribution in [3.05, 3.63) is 47.5 Å². The van der Waals surface area contributed by atoms with Gasteiger partial charge in [0.1, 0.15) is 0 Å². The van der Waals surface area contributed by atoms with Crippen molar-refractivity contribution >= 4 is 28.0 Å². The molecule has 1 aliphatic rings. The molecule has 0 radical (unpaired) electrons. The van der Waals surface area contributed by atoms with Gasteiger partial charge in [0.2, 0.25) is 0 Å². The van der Waals surface area contributed by atoms with E-state index in [9.17, 15) is 14.3 Å². The van der Waals surface area contributed by atoms with E-state index < -0.39 is 23.3 Å². The number of aromatic amines is 1. The van der Waals surface area contributed by atoms with Crippen molar-refractivity contribution in [2.24, 2.45) is 0 Å². The molecule has 5 rings (SSSR count). The summed E-state index contributed by atoms with van der Waals surface area (Å²) in [5.74, 6) is -1.54. The van der Waals surface area contributed by atoms with Crippen LogP contribution in [-0.2, 0) is 19.7 Å². The summed E-state index contributed by atoms with van der Waals surface area (Å²) >= 11 is 0. The van der Waals surface area contributed by atoms with Crippen LogP contribution in [0.3, 0.4) is 0 Å². The molecule has 1 saturated heterocycles. The fraction of sp³-hybridized carbons (Fsp3) is 0.400. The van der Waals surface area contributed by atoms with Crippen LogP contribution >= 0.6 is 0 Å². The van der Waals surface area contributed by atoms with Crippen LogP contribution in [0.1, 0.15) is 37.4 Å². The van der Waals surface area contributed by atoms with Gasteiger partial charge >= 0.3 is 5.97 Å². The number of methoxy groups -OCH3 is 2. The minimum Gasteiger partial charge on any atom is -0.494 e. The van der Waals surface area contributed by atoms with E-state index >= 15 is 0 Å². The molecule has 0 bridgehead atoms. The topological polar surface area (TPSA) is 111 Å². The molecule has 2 N–H and O–H groups in total. The number of H-pyrrole nitrogens is 1. The number of aromatic nitrogens is 4. The van der Waals surface area contributed by atoms with E-state index in [0.29, 0.717) is 29.9 Å². The highest BCUT2D eigenvalue weighted by molar-refractivity contribution is 5.94. The molecule has 3 aromatic heterocycles. The van der Waals surface area contributed by atoms with Crippen LogP contribution < -0.4 is 4.74 Å². The van der Waals surface area contributed by atoms with Gasteiger partial charge < -0.3 is 23.9 Å². The van der Waals surface area contributed by atoms with Crippen molar-refractivity contribution in [1.82, 2.24) is 19.7 Å². The number of nitrogens with zero attached hydrogens (tertiary/aromatic N) is 3. The van der Waals surface area contributed by atoms with Gasteiger partial charge in [-0.2, -0.15) is 5.10 Å². The summed E-state index contributed by atoms with van der Waals surface area (Å²) in [6.45, 7) is 4.76. The second kappa shape index (κ2) is 8.62. The number of rotatable bonds is 7. The van der Waals surface area contributed by atoms with Crippen LogP contribution in [0.5, 0.6) is 5.75 Å². The lowest BCUT2D eigenvalue weighted by Crippen LogP contribution is -2.29. The largest absolute Gasteiger partial charge is 0.494 e. The van der Waals surface area contributed by atoms with Gasteiger partial charge in [-0.3, -0.25) is 5.10 Å². The molecule has 184 valence electrons. The highest BCUT2D eigenvalue weighted by atomic mass is 19.1. The van der Waals surface area contributed by atoms with Gasteiger partial charge in [-0.15, -0.1) is 0 Å². The zero-order valence-corrected chi connectivity index (χ0v) is 20.0. The molecule has 1 fully saturated rings. The first-order valence-corrected chi connectivity index (χ1v) is 11.3. The van der Waals surface area contributed by atoms with Gasteiger partial charge in [0.15, 0.2) is 23.3 Å². The molecule has 2 atom stereocenters. The highest BCUT2D eigenvalue weighted by Crippen LogP contribution is 2.44. The van der Waals surface area contributed by atoms with Gasteiger partial charge in [0.05, 0.1) is 37.6 Å². The number of benzene rings is 1. The first-order chi connectivity index (χ1) is 16.7. The van der Waals surface area contributed by atoms with Crippen LogP contribution in [-0.4, -0.2) is 64.4 Å². The zero-order valence-electron chi connectivity index (χ0n) is 20.0. The van der Waals surface area contributed by atoms with Crippen molar-refractivity contribution < 1.29 is 28.5 Å². The Morgan fingerprint density at radius 2 is 2.14 bits per heavy atom. The number of carbonyl (C=O) groups is 1. The van der Waals surface area contributed by atoms with Gasteiger partial charge in [-0.25, -0.2) is 14.2 Å². The predicted octanol–water partition coefficient (Wildman–Crippen LogP) is 3.93. The molecular weight excluding hydrogens is 455 g/mol. The molecule has 4 heterocycles. The Kier molecular flexibility index (Phi) is 5.72. The normalized spacial score (nSPS) is 18.5. The maximum absolute atomic E-state index is 14.3. The number of hydrogen-bond donors (Lipinski definition) is 2. The lowest BCUT2D eigenvalue weighted by molar-refractivity contribution is -0.147. The van der Waals surface area contributed by atoms with Crippen LogP contribution in [0.15, 0.2) is 30.5 Å². The van der Waals surface area contributed by atoms with Gasteiger partial charge in [0.25, 0.3) is 0 Å². The summed E-state index contributed by atoms with van der Waals surface area (Å²) in [5.41, 5.74) is 4.10. The van der Waals surface area contributed by atoms with Crippen molar-refractivity contribution in [3.63, 3.8) is 0 Å². The summed E-state index contributed by atoms with van der Waals surface area (Å²) < 4.78 is 32.9. The molecule has 0 unspecified atom stereocenters. The number of carboxylic acids is 1. The van der Waals surface area contributed by atoms with E-state index in [2.05, 4.69) is 24.0 Å². The fourth-order valence-corrected chi connectivity index (χ4v) is 5.13. The third-order valence-electron chi connectivity index (χ3n) is 6.60. The van der Waals surface area contributed by atoms with Gasteiger partial charge in [-0.1, -0.05) is 13.8 Å². The van der Waals surface area contributed by atoms with Gasteiger partial charge in [-0.05, 0) is 24.6 Å². The molecule has 35 heavy (non-hydrogen) atoms. The third-order valence-corrected chi connectivity index (χ3v) is 6.60. The second-order valence-corrected chi connectivity index (χ2v) is 9.49. The lowest BCUT2D eigenvalue weighted by atomic mass is 9.82. The number of carboxylic acid groups (broad SMARTS) is 1. The minimum absolute atomic E-state index is 0.119. The third kappa shape index (κ3) is 3.82. The zero-order chi connectivity index (χ0) is 24.9. The summed E-state index contributed by atoms with van der Waals surface area (Å²) in [4.78, 5) is 16.6. The molecule has 0 amide bonds. The number of fused-ring (bicyclic) bond motifs is 2. The summed E-state index contributed by atoms with van der Waals surface area (Å²) in [5, 5.41) is 17.4. The molecule has 1 aliphatic heterocycles. The maximum Gasteiger partial charge on any atom is 0.332 e. The van der Waals surface area contributed by atoms with Gasteiger partial charge in [0, 0.05) is 46.8 Å². The lowest BCUT2D eigenvalue weighted by Gasteiger charge is -2.29. The predicted molar refractivity (Wildman–Crippen MR) is 127 cm³/mol. The number of pyridine rings is 1. The molecule has 1 aromatic carbocycles. The van der Waals surface area contributed by atoms with E-state index in [-0.39, 0.29) is 18.3 Å². The quantitative estimate of drug-likeness (QED) is 0.411. The van der Waals surface area contributed by atoms with Crippen LogP contribution in [0.2, 0.25) is 0 Å². The van der Waals surface area contributed by atoms with Crippen LogP contribution in [0.25, 0.3) is 27.8 Å². The average molecular weight is 483 g/mol. The molecule has 0 aliphatic carbocycles. The SMILES string of the molecule is COCC(C)(C)c1c([C@@H]2CO[C@@H](C(=O)O)C2)c2nc3[nH]ncc3cc2n1-c1ccc(F)c(OC)c1. The minimum atomic E-state index is -0.985. The van der Waals surface area contributed by atoms with Crippen molar-refractivity contribution in [1.29, 1.82) is 0 Å². The van der Waals surface area contributed by atoms with E-state index in [4.69, 9.17) is 19.2 Å². The molecule has 9 nitrogen and oxygen atoms in total. The van der Waals surface area contributed by atoms with E-state index in [1.807, 2.05) is 10.6 Å². The first kappa shape index (κ1) is 23.3. The molecular formula is C25H27FN4O5. The molecule has 4 aromatic rings. The van der Waals surface area contributed by atoms with E-state index in [1.165, 1.54) is 13.2 Å². The number of aliphatic carboxylic acids is 1.